The van der Waals surface area contributed by atoms with E-state index in [2.05, 4.69) is 33.3 Å². The normalized spacial score (nSPS) is 31.4. The number of anilines is 1. The molecule has 2 aliphatic rings. The highest BCUT2D eigenvalue weighted by Gasteiger charge is 2.47. The highest BCUT2D eigenvalue weighted by atomic mass is 32.1. The van der Waals surface area contributed by atoms with Gasteiger partial charge in [-0.2, -0.15) is 0 Å². The van der Waals surface area contributed by atoms with Gasteiger partial charge in [0, 0.05) is 5.38 Å². The second-order valence-corrected chi connectivity index (χ2v) is 13.1. The summed E-state index contributed by atoms with van der Waals surface area (Å²) in [7, 11) is -11.0. The predicted octanol–water partition coefficient (Wildman–Crippen LogP) is -2.56. The highest BCUT2D eigenvalue weighted by molar-refractivity contribution is 7.60. The van der Waals surface area contributed by atoms with Gasteiger partial charge in [0.2, 0.25) is 0 Å². The molecule has 0 saturated carbocycles. The van der Waals surface area contributed by atoms with Gasteiger partial charge in [0.15, 0.2) is 17.7 Å². The van der Waals surface area contributed by atoms with Crippen LogP contribution in [0.4, 0.5) is 5.82 Å². The molecule has 0 spiro atoms. The monoisotopic (exact) mass is 686 g/mol. The number of hydrogen-bond donors (Lipinski definition) is 8. The van der Waals surface area contributed by atoms with Crippen LogP contribution in [0.25, 0.3) is 11.2 Å². The molecule has 0 radical (unpaired) electrons. The lowest BCUT2D eigenvalue weighted by molar-refractivity contribution is -0.221. The summed E-state index contributed by atoms with van der Waals surface area (Å²) in [6.07, 6.45) is -9.67. The first-order valence-corrected chi connectivity index (χ1v) is 15.9. The number of hydrogen-bond acceptors (Lipinski definition) is 19. The van der Waals surface area contributed by atoms with E-state index in [1.165, 1.54) is 16.3 Å². The average Bonchev–Trinajstić information content (AvgIpc) is 3.70. The molecule has 3 aromatic rings. The second-order valence-electron chi connectivity index (χ2n) is 9.23. The van der Waals surface area contributed by atoms with Crippen molar-refractivity contribution < 1.29 is 67.0 Å². The molecule has 10 atom stereocenters. The summed E-state index contributed by atoms with van der Waals surface area (Å²) in [6, 6.07) is 0. The molecule has 3 aromatic heterocycles. The molecule has 0 bridgehead atoms. The fourth-order valence-electron chi connectivity index (χ4n) is 4.28. The maximum absolute atomic E-state index is 12.3. The molecule has 5 rings (SSSR count). The molecule has 13 N–H and O–H groups in total. The molecule has 0 aliphatic carbocycles. The first-order chi connectivity index (χ1) is 20.2. The first kappa shape index (κ1) is 34.3. The predicted molar refractivity (Wildman–Crippen MR) is 142 cm³/mol. The summed E-state index contributed by atoms with van der Waals surface area (Å²) in [5.41, 5.74) is 11.1. The number of thiazole rings is 1. The van der Waals surface area contributed by atoms with E-state index in [0.29, 0.717) is 0 Å². The molecule has 244 valence electrons. The largest absolute Gasteiger partial charge is 0.756 e. The van der Waals surface area contributed by atoms with Crippen LogP contribution in [0.1, 0.15) is 27.8 Å². The number of nitrogens with two attached hydrogens (primary N) is 2. The zero-order chi connectivity index (χ0) is 31.3. The standard InChI is InChI=1S/C19H25N7O14P2S.H3N/c20-15-9-17(23-4-22-15)26(5-24-9)19-13(30)11(28)8(39-19)2-37-42(34,35)40-41(32,33)36-1-7-10(27)12(29)14(38-7)18-25-6(3-43-18)16(21)31;/h3-5,7-8,10-14,19,27-30H,1-2H2,(H2,21,31)(H,32,33)(H,34,35)(H2,20,22,23);1H3/t7-,8-,10-,11-,12-,13-,14-,19-;/m1./s1. The molecule has 5 heterocycles. The van der Waals surface area contributed by atoms with E-state index in [-0.39, 0.29) is 33.8 Å². The van der Waals surface area contributed by atoms with Crippen LogP contribution in [-0.2, 0) is 32.0 Å². The van der Waals surface area contributed by atoms with Crippen molar-refractivity contribution in [3.05, 3.63) is 28.7 Å². The van der Waals surface area contributed by atoms with Gasteiger partial charge in [0.1, 0.15) is 65.3 Å². The number of aliphatic hydroxyl groups excluding tert-OH is 4. The van der Waals surface area contributed by atoms with Crippen molar-refractivity contribution in [3.8, 4) is 0 Å². The summed E-state index contributed by atoms with van der Waals surface area (Å²) in [6.45, 7) is -1.89. The van der Waals surface area contributed by atoms with Gasteiger partial charge in [-0.1, -0.05) is 0 Å². The van der Waals surface area contributed by atoms with Crippen LogP contribution in [0.15, 0.2) is 18.0 Å². The summed E-state index contributed by atoms with van der Waals surface area (Å²) in [5, 5.41) is 42.7. The van der Waals surface area contributed by atoms with Crippen LogP contribution < -0.4 is 22.5 Å². The van der Waals surface area contributed by atoms with Crippen LogP contribution in [0.2, 0.25) is 0 Å². The van der Waals surface area contributed by atoms with Crippen molar-refractivity contribution in [1.29, 1.82) is 0 Å². The van der Waals surface area contributed by atoms with Crippen molar-refractivity contribution in [1.82, 2.24) is 30.7 Å². The third kappa shape index (κ3) is 6.97. The third-order valence-electron chi connectivity index (χ3n) is 6.38. The maximum atomic E-state index is 12.3. The van der Waals surface area contributed by atoms with Gasteiger partial charge >= 0.3 is 7.82 Å². The van der Waals surface area contributed by atoms with E-state index < -0.39 is 83.7 Å². The Balaban J connectivity index is 0.00000442. The quantitative estimate of drug-likeness (QED) is 0.0961. The number of phosphoric acid groups is 2. The number of aliphatic hydroxyl groups is 4. The Morgan fingerprint density at radius 1 is 1.05 bits per heavy atom. The number of carbonyl (C=O) groups is 1. The van der Waals surface area contributed by atoms with E-state index in [1.807, 2.05) is 0 Å². The summed E-state index contributed by atoms with van der Waals surface area (Å²) in [5.74, 6) is -0.796. The van der Waals surface area contributed by atoms with Gasteiger partial charge in [0.05, 0.1) is 19.5 Å². The molecular formula is C19H28N8O14P2S. The lowest BCUT2D eigenvalue weighted by Gasteiger charge is -2.26. The number of fused-ring (bicyclic) bond motifs is 1. The lowest BCUT2D eigenvalue weighted by atomic mass is 10.1. The molecule has 25 heteroatoms. The number of imidazole rings is 1. The number of aromatic nitrogens is 5. The van der Waals surface area contributed by atoms with Crippen molar-refractivity contribution in [2.75, 3.05) is 18.9 Å². The second kappa shape index (κ2) is 13.0. The summed E-state index contributed by atoms with van der Waals surface area (Å²) in [4.78, 5) is 49.2. The van der Waals surface area contributed by atoms with Gasteiger partial charge < -0.3 is 61.8 Å². The van der Waals surface area contributed by atoms with Crippen LogP contribution >= 0.6 is 27.0 Å². The number of carbonyl (C=O) groups excluding carboxylic acids is 1. The minimum atomic E-state index is -5.62. The maximum Gasteiger partial charge on any atom is 0.478 e. The van der Waals surface area contributed by atoms with Gasteiger partial charge in [0.25, 0.3) is 13.7 Å². The SMILES string of the molecule is NC(=O)c1csc([C@@H]2O[C@H](COP(=O)(O)OP(=O)([O-])OC[C@H]3O[C@@H](n4cnc5c(N)ncnc54)[C@H](O)[C@@H]3O)[C@@H](O)[C@H]2O)n1.[NH4+]. The first-order valence-electron chi connectivity index (χ1n) is 12.0. The van der Waals surface area contributed by atoms with Gasteiger partial charge in [-0.15, -0.1) is 11.3 Å². The van der Waals surface area contributed by atoms with Crippen LogP contribution in [-0.4, -0.2) is 106 Å². The number of quaternary nitrogens is 1. The van der Waals surface area contributed by atoms with Crippen molar-refractivity contribution in [2.24, 2.45) is 5.73 Å². The number of rotatable bonds is 11. The number of phosphoric ester groups is 2. The van der Waals surface area contributed by atoms with Gasteiger partial charge in [-0.3, -0.25) is 18.5 Å². The molecular weight excluding hydrogens is 658 g/mol. The zero-order valence-corrected chi connectivity index (χ0v) is 25.0. The van der Waals surface area contributed by atoms with E-state index in [4.69, 9.17) is 20.9 Å². The Kier molecular flexibility index (Phi) is 10.2. The van der Waals surface area contributed by atoms with Crippen molar-refractivity contribution in [3.63, 3.8) is 0 Å². The number of amides is 1. The van der Waals surface area contributed by atoms with Crippen LogP contribution in [0, 0.1) is 0 Å². The Labute approximate surface area is 250 Å². The minimum Gasteiger partial charge on any atom is -0.756 e. The van der Waals surface area contributed by atoms with E-state index in [0.717, 1.165) is 17.7 Å². The fraction of sp³-hybridized carbons (Fsp3) is 0.526. The topological polar surface area (TPSA) is 367 Å². The lowest BCUT2D eigenvalue weighted by Crippen LogP contribution is -2.34. The molecule has 22 nitrogen and oxygen atoms in total. The molecule has 2 fully saturated rings. The number of ether oxygens (including phenoxy) is 2. The Morgan fingerprint density at radius 3 is 2.39 bits per heavy atom. The fourth-order valence-corrected chi connectivity index (χ4v) is 7.22. The highest BCUT2D eigenvalue weighted by Crippen LogP contribution is 2.58. The minimum absolute atomic E-state index is 0. The Hall–Kier alpha value is -2.57. The van der Waals surface area contributed by atoms with E-state index in [9.17, 15) is 44.1 Å². The number of nitrogens with zero attached hydrogens (tertiary/aromatic N) is 5. The molecule has 1 amide bonds. The van der Waals surface area contributed by atoms with Crippen LogP contribution in [0.5, 0.6) is 0 Å². The van der Waals surface area contributed by atoms with Gasteiger partial charge in [-0.05, 0) is 0 Å². The van der Waals surface area contributed by atoms with Crippen molar-refractivity contribution in [2.45, 2.75) is 49.0 Å². The van der Waals surface area contributed by atoms with Crippen LogP contribution in [0.3, 0.4) is 0 Å². The molecule has 2 saturated heterocycles. The van der Waals surface area contributed by atoms with E-state index in [1.54, 1.807) is 0 Å². The smallest absolute Gasteiger partial charge is 0.478 e. The molecule has 0 aromatic carbocycles. The molecule has 44 heavy (non-hydrogen) atoms. The molecule has 2 unspecified atom stereocenters. The van der Waals surface area contributed by atoms with Crippen molar-refractivity contribution >= 4 is 49.9 Å². The summed E-state index contributed by atoms with van der Waals surface area (Å²) >= 11 is 0.899. The number of nitrogen functional groups attached to an aromatic ring is 1. The molecule has 2 aliphatic heterocycles. The van der Waals surface area contributed by atoms with Gasteiger partial charge in [-0.25, -0.2) is 28.8 Å². The number of primary amides is 1. The Bertz CT molecular complexity index is 1590. The summed E-state index contributed by atoms with van der Waals surface area (Å²) < 4.78 is 50.1. The third-order valence-corrected chi connectivity index (χ3v) is 9.85. The van der Waals surface area contributed by atoms with E-state index >= 15 is 0 Å². The average molecular weight is 686 g/mol. The Morgan fingerprint density at radius 2 is 1.70 bits per heavy atom. The zero-order valence-electron chi connectivity index (χ0n) is 22.4.